The highest BCUT2D eigenvalue weighted by Gasteiger charge is 2.37. The van der Waals surface area contributed by atoms with E-state index in [0.717, 1.165) is 50.6 Å². The highest BCUT2D eigenvalue weighted by atomic mass is 19.1. The van der Waals surface area contributed by atoms with Crippen LogP contribution in [0.4, 0.5) is 4.39 Å². The molecule has 1 aromatic rings. The molecule has 0 aromatic heterocycles. The van der Waals surface area contributed by atoms with Crippen LogP contribution >= 0.6 is 0 Å². The summed E-state index contributed by atoms with van der Waals surface area (Å²) >= 11 is 0. The Morgan fingerprint density at radius 2 is 1.88 bits per heavy atom. The lowest BCUT2D eigenvalue weighted by Gasteiger charge is -2.33. The summed E-state index contributed by atoms with van der Waals surface area (Å²) in [6.07, 6.45) is 6.01. The predicted octanol–water partition coefficient (Wildman–Crippen LogP) is 1.95. The van der Waals surface area contributed by atoms with Gasteiger partial charge in [0.05, 0.1) is 12.5 Å². The largest absolute Gasteiger partial charge is 0.369 e. The number of halogens is 1. The minimum absolute atomic E-state index is 0.0487. The topological polar surface area (TPSA) is 75.4 Å². The van der Waals surface area contributed by atoms with Crippen molar-refractivity contribution in [1.82, 2.24) is 10.2 Å². The maximum atomic E-state index is 13.3. The number of nitrogens with zero attached hydrogens (tertiary/aromatic N) is 1. The van der Waals surface area contributed by atoms with Crippen LogP contribution in [0.1, 0.15) is 44.1 Å². The molecule has 0 radical (unpaired) electrons. The van der Waals surface area contributed by atoms with Crippen LogP contribution in [-0.4, -0.2) is 42.9 Å². The lowest BCUT2D eigenvalue weighted by molar-refractivity contribution is -0.128. The molecule has 6 heteroatoms. The van der Waals surface area contributed by atoms with Crippen LogP contribution in [0.25, 0.3) is 0 Å². The Balaban J connectivity index is 1.61. The number of benzene rings is 1. The van der Waals surface area contributed by atoms with Gasteiger partial charge in [0.15, 0.2) is 0 Å². The number of hydrogen-bond donors (Lipinski definition) is 2. The summed E-state index contributed by atoms with van der Waals surface area (Å²) in [4.78, 5) is 25.8. The molecule has 1 atom stereocenters. The summed E-state index contributed by atoms with van der Waals surface area (Å²) in [7, 11) is 0. The Morgan fingerprint density at radius 3 is 2.54 bits per heavy atom. The van der Waals surface area contributed by atoms with E-state index in [0.29, 0.717) is 13.1 Å². The number of piperidine rings is 1. The van der Waals surface area contributed by atoms with E-state index in [1.54, 1.807) is 0 Å². The second kappa shape index (κ2) is 8.16. The molecule has 3 N–H and O–H groups in total. The normalized spacial score (nSPS) is 22.9. The van der Waals surface area contributed by atoms with Gasteiger partial charge in [-0.25, -0.2) is 4.39 Å². The Labute approximate surface area is 154 Å². The highest BCUT2D eigenvalue weighted by Crippen LogP contribution is 2.40. The number of carbonyl (C=O) groups is 2. The van der Waals surface area contributed by atoms with Crippen molar-refractivity contribution < 1.29 is 14.0 Å². The van der Waals surface area contributed by atoms with Crippen LogP contribution in [0.2, 0.25) is 0 Å². The Kier molecular flexibility index (Phi) is 5.91. The van der Waals surface area contributed by atoms with Crippen molar-refractivity contribution in [2.45, 2.75) is 43.9 Å². The zero-order chi connectivity index (χ0) is 18.6. The molecule has 142 valence electrons. The molecule has 0 bridgehead atoms. The molecule has 0 spiro atoms. The first-order chi connectivity index (χ1) is 12.5. The maximum Gasteiger partial charge on any atom is 0.231 e. The smallest absolute Gasteiger partial charge is 0.231 e. The fourth-order valence-corrected chi connectivity index (χ4v) is 4.46. The quantitative estimate of drug-likeness (QED) is 0.813. The summed E-state index contributed by atoms with van der Waals surface area (Å²) in [5.74, 6) is -0.641. The zero-order valence-corrected chi connectivity index (χ0v) is 15.2. The molecule has 2 amide bonds. The van der Waals surface area contributed by atoms with Crippen LogP contribution in [-0.2, 0) is 15.0 Å². The van der Waals surface area contributed by atoms with E-state index in [1.807, 2.05) is 17.0 Å². The van der Waals surface area contributed by atoms with Gasteiger partial charge in [0, 0.05) is 18.5 Å². The van der Waals surface area contributed by atoms with E-state index in [1.165, 1.54) is 12.1 Å². The molecule has 1 aliphatic carbocycles. The molecule has 26 heavy (non-hydrogen) atoms. The van der Waals surface area contributed by atoms with Gasteiger partial charge in [-0.05, 0) is 49.9 Å². The summed E-state index contributed by atoms with van der Waals surface area (Å²) in [5, 5.41) is 3.15. The number of hydrogen-bond acceptors (Lipinski definition) is 3. The van der Waals surface area contributed by atoms with Gasteiger partial charge in [-0.15, -0.1) is 0 Å². The van der Waals surface area contributed by atoms with Gasteiger partial charge in [0.1, 0.15) is 5.82 Å². The summed E-state index contributed by atoms with van der Waals surface area (Å²) in [6, 6.07) is 6.70. The summed E-state index contributed by atoms with van der Waals surface area (Å²) in [5.41, 5.74) is 6.29. The van der Waals surface area contributed by atoms with Crippen LogP contribution in [0.5, 0.6) is 0 Å². The number of amides is 2. The number of carbonyl (C=O) groups excluding carboxylic acids is 2. The molecular formula is C20H28FN3O2. The third kappa shape index (κ3) is 4.41. The van der Waals surface area contributed by atoms with Gasteiger partial charge < -0.3 is 11.1 Å². The van der Waals surface area contributed by atoms with Crippen molar-refractivity contribution in [3.05, 3.63) is 35.6 Å². The first-order valence-corrected chi connectivity index (χ1v) is 9.53. The standard InChI is InChI=1S/C20H28FN3O2/c21-17-7-5-16(6-8-17)20(9-1-2-10-20)14-23-19(26)15-4-3-11-24(12-15)13-18(22)25/h5-8,15H,1-4,9-14H2,(H2,22,25)(H,23,26). The number of likely N-dealkylation sites (tertiary alicyclic amines) is 1. The van der Waals surface area contributed by atoms with Gasteiger partial charge in [0.2, 0.25) is 11.8 Å². The maximum absolute atomic E-state index is 13.3. The molecule has 1 heterocycles. The molecule has 1 aliphatic heterocycles. The first-order valence-electron chi connectivity index (χ1n) is 9.53. The second-order valence-electron chi connectivity index (χ2n) is 7.75. The van der Waals surface area contributed by atoms with Gasteiger partial charge in [0.25, 0.3) is 0 Å². The Morgan fingerprint density at radius 1 is 1.19 bits per heavy atom. The molecule has 1 unspecified atom stereocenters. The van der Waals surface area contributed by atoms with Crippen LogP contribution in [0.3, 0.4) is 0 Å². The minimum atomic E-state index is -0.354. The molecule has 2 aliphatic rings. The van der Waals surface area contributed by atoms with Gasteiger partial charge in [-0.2, -0.15) is 0 Å². The molecule has 2 fully saturated rings. The zero-order valence-electron chi connectivity index (χ0n) is 15.2. The van der Waals surface area contributed by atoms with Crippen LogP contribution in [0.15, 0.2) is 24.3 Å². The van der Waals surface area contributed by atoms with E-state index in [2.05, 4.69) is 5.32 Å². The van der Waals surface area contributed by atoms with E-state index >= 15 is 0 Å². The Hall–Kier alpha value is -1.95. The highest BCUT2D eigenvalue weighted by molar-refractivity contribution is 5.79. The predicted molar refractivity (Wildman–Crippen MR) is 97.9 cm³/mol. The van der Waals surface area contributed by atoms with E-state index in [4.69, 9.17) is 5.73 Å². The third-order valence-electron chi connectivity index (χ3n) is 5.87. The summed E-state index contributed by atoms with van der Waals surface area (Å²) in [6.45, 7) is 2.19. The van der Waals surface area contributed by atoms with Gasteiger partial charge >= 0.3 is 0 Å². The number of primary amides is 1. The number of rotatable bonds is 6. The number of nitrogens with two attached hydrogens (primary N) is 1. The fourth-order valence-electron chi connectivity index (χ4n) is 4.46. The molecule has 1 aromatic carbocycles. The Bertz CT molecular complexity index is 641. The van der Waals surface area contributed by atoms with E-state index in [-0.39, 0.29) is 35.5 Å². The van der Waals surface area contributed by atoms with Crippen molar-refractivity contribution in [1.29, 1.82) is 0 Å². The SMILES string of the molecule is NC(=O)CN1CCCC(C(=O)NCC2(c3ccc(F)cc3)CCCC2)C1. The van der Waals surface area contributed by atoms with E-state index in [9.17, 15) is 14.0 Å². The van der Waals surface area contributed by atoms with E-state index < -0.39 is 0 Å². The van der Waals surface area contributed by atoms with Crippen molar-refractivity contribution in [2.24, 2.45) is 11.7 Å². The molecular weight excluding hydrogens is 333 g/mol. The van der Waals surface area contributed by atoms with Crippen molar-refractivity contribution >= 4 is 11.8 Å². The van der Waals surface area contributed by atoms with Gasteiger partial charge in [-0.3, -0.25) is 14.5 Å². The second-order valence-corrected chi connectivity index (χ2v) is 7.75. The monoisotopic (exact) mass is 361 g/mol. The first kappa shape index (κ1) is 18.8. The average molecular weight is 361 g/mol. The van der Waals surface area contributed by atoms with Crippen molar-refractivity contribution in [3.63, 3.8) is 0 Å². The van der Waals surface area contributed by atoms with Crippen LogP contribution in [0, 0.1) is 11.7 Å². The molecule has 1 saturated carbocycles. The van der Waals surface area contributed by atoms with Crippen molar-refractivity contribution in [2.75, 3.05) is 26.2 Å². The van der Waals surface area contributed by atoms with Crippen LogP contribution < -0.4 is 11.1 Å². The third-order valence-corrected chi connectivity index (χ3v) is 5.87. The lowest BCUT2D eigenvalue weighted by atomic mass is 9.78. The minimum Gasteiger partial charge on any atom is -0.369 e. The molecule has 5 nitrogen and oxygen atoms in total. The molecule has 1 saturated heterocycles. The summed E-state index contributed by atoms with van der Waals surface area (Å²) < 4.78 is 13.3. The lowest BCUT2D eigenvalue weighted by Crippen LogP contribution is -2.48. The van der Waals surface area contributed by atoms with Gasteiger partial charge in [-0.1, -0.05) is 25.0 Å². The average Bonchev–Trinajstić information content (AvgIpc) is 3.10. The fraction of sp³-hybridized carbons (Fsp3) is 0.600. The number of nitrogens with one attached hydrogen (secondary N) is 1. The van der Waals surface area contributed by atoms with Crippen molar-refractivity contribution in [3.8, 4) is 0 Å². The molecule has 3 rings (SSSR count).